The number of rotatable bonds is 5. The van der Waals surface area contributed by atoms with Gasteiger partial charge in [-0.15, -0.1) is 0 Å². The molecule has 0 aliphatic heterocycles. The molecule has 1 N–H and O–H groups in total. The van der Waals surface area contributed by atoms with Crippen LogP contribution in [0, 0.1) is 6.92 Å². The van der Waals surface area contributed by atoms with E-state index in [1.165, 1.54) is 22.3 Å². The third-order valence-electron chi connectivity index (χ3n) is 4.10. The first-order valence-corrected chi connectivity index (χ1v) is 8.40. The van der Waals surface area contributed by atoms with E-state index in [4.69, 9.17) is 0 Å². The summed E-state index contributed by atoms with van der Waals surface area (Å²) >= 11 is 0. The van der Waals surface area contributed by atoms with Crippen LogP contribution in [0.3, 0.4) is 0 Å². The largest absolute Gasteiger partial charge is 0.388 e. The normalized spacial score (nSPS) is 11.7. The molecule has 0 unspecified atom stereocenters. The molecule has 0 aliphatic carbocycles. The second kappa shape index (κ2) is 8.11. The Morgan fingerprint density at radius 3 is 2.12 bits per heavy atom. The summed E-state index contributed by atoms with van der Waals surface area (Å²) < 4.78 is 0. The molecule has 2 nitrogen and oxygen atoms in total. The molecule has 0 atom stereocenters. The van der Waals surface area contributed by atoms with Crippen LogP contribution in [0.5, 0.6) is 0 Å². The van der Waals surface area contributed by atoms with Crippen LogP contribution in [0.15, 0.2) is 85.2 Å². The third-order valence-corrected chi connectivity index (χ3v) is 4.10. The summed E-state index contributed by atoms with van der Waals surface area (Å²) in [5.74, 6) is 0. The Balaban J connectivity index is 1.91. The minimum absolute atomic E-state index is 1.12. The smallest absolute Gasteiger partial charge is 0.0337 e. The maximum absolute atomic E-state index is 4.13. The molecule has 0 saturated carbocycles. The van der Waals surface area contributed by atoms with Crippen LogP contribution < -0.4 is 5.32 Å². The zero-order valence-corrected chi connectivity index (χ0v) is 14.6. The van der Waals surface area contributed by atoms with Crippen molar-refractivity contribution in [1.82, 2.24) is 4.98 Å². The number of pyridine rings is 1. The predicted molar refractivity (Wildman–Crippen MR) is 108 cm³/mol. The number of allylic oxidation sites excluding steroid dienone is 2. The molecule has 25 heavy (non-hydrogen) atoms. The molecule has 2 aromatic carbocycles. The number of nitrogens with zero attached hydrogens (tertiary/aromatic N) is 1. The van der Waals surface area contributed by atoms with E-state index in [1.54, 1.807) is 0 Å². The first kappa shape index (κ1) is 16.7. The van der Waals surface area contributed by atoms with Crippen LogP contribution >= 0.6 is 0 Å². The Kier molecular flexibility index (Phi) is 5.43. The Hall–Kier alpha value is -3.13. The monoisotopic (exact) mass is 326 g/mol. The summed E-state index contributed by atoms with van der Waals surface area (Å²) in [5, 5.41) is 3.13. The number of hydrogen-bond donors (Lipinski definition) is 1. The molecule has 0 aliphatic rings. The molecule has 1 aromatic heterocycles. The lowest BCUT2D eigenvalue weighted by Gasteiger charge is -2.08. The summed E-state index contributed by atoms with van der Waals surface area (Å²) in [6.07, 6.45) is 10.0. The molecule has 0 radical (unpaired) electrons. The van der Waals surface area contributed by atoms with Crippen LogP contribution in [-0.4, -0.2) is 12.0 Å². The molecule has 124 valence electrons. The van der Waals surface area contributed by atoms with Gasteiger partial charge in [-0.2, -0.15) is 0 Å². The molecule has 3 rings (SSSR count). The van der Waals surface area contributed by atoms with E-state index in [0.717, 1.165) is 11.3 Å². The molecule has 0 spiro atoms. The Labute approximate surface area is 149 Å². The summed E-state index contributed by atoms with van der Waals surface area (Å²) in [5.41, 5.74) is 7.10. The van der Waals surface area contributed by atoms with Crippen molar-refractivity contribution in [3.8, 4) is 0 Å². The maximum Gasteiger partial charge on any atom is 0.0337 e. The van der Waals surface area contributed by atoms with Gasteiger partial charge in [-0.1, -0.05) is 60.2 Å². The van der Waals surface area contributed by atoms with Gasteiger partial charge in [0, 0.05) is 25.1 Å². The second-order valence-electron chi connectivity index (χ2n) is 5.91. The fourth-order valence-corrected chi connectivity index (χ4v) is 2.64. The topological polar surface area (TPSA) is 24.9 Å². The van der Waals surface area contributed by atoms with Gasteiger partial charge < -0.3 is 5.32 Å². The lowest BCUT2D eigenvalue weighted by molar-refractivity contribution is 1.31. The minimum Gasteiger partial charge on any atom is -0.388 e. The van der Waals surface area contributed by atoms with Gasteiger partial charge in [0.2, 0.25) is 0 Å². The summed E-state index contributed by atoms with van der Waals surface area (Å²) in [7, 11) is 1.93. The highest BCUT2D eigenvalue weighted by molar-refractivity contribution is 5.81. The molecule has 0 saturated heterocycles. The maximum atomic E-state index is 4.13. The Bertz CT molecular complexity index is 858. The van der Waals surface area contributed by atoms with E-state index in [9.17, 15) is 0 Å². The minimum atomic E-state index is 1.12. The van der Waals surface area contributed by atoms with Crippen molar-refractivity contribution >= 4 is 17.3 Å². The Morgan fingerprint density at radius 2 is 1.48 bits per heavy atom. The quantitative estimate of drug-likeness (QED) is 0.619. The molecular weight excluding hydrogens is 304 g/mol. The second-order valence-corrected chi connectivity index (χ2v) is 5.91. The van der Waals surface area contributed by atoms with Crippen molar-refractivity contribution in [3.63, 3.8) is 0 Å². The average Bonchev–Trinajstić information content (AvgIpc) is 2.67. The van der Waals surface area contributed by atoms with Crippen LogP contribution in [0.1, 0.15) is 22.3 Å². The van der Waals surface area contributed by atoms with Crippen molar-refractivity contribution in [2.45, 2.75) is 6.92 Å². The van der Waals surface area contributed by atoms with Crippen molar-refractivity contribution in [1.29, 1.82) is 0 Å². The van der Waals surface area contributed by atoms with Gasteiger partial charge in [0.1, 0.15) is 0 Å². The van der Waals surface area contributed by atoms with Crippen molar-refractivity contribution in [2.75, 3.05) is 12.4 Å². The van der Waals surface area contributed by atoms with Crippen LogP contribution in [0.2, 0.25) is 0 Å². The number of aromatic nitrogens is 1. The number of anilines is 1. The lowest BCUT2D eigenvalue weighted by Crippen LogP contribution is -1.88. The number of aryl methyl sites for hydroxylation is 1. The molecule has 0 fully saturated rings. The summed E-state index contributed by atoms with van der Waals surface area (Å²) in [6, 6.07) is 21.1. The zero-order valence-electron chi connectivity index (χ0n) is 14.6. The predicted octanol–water partition coefficient (Wildman–Crippen LogP) is 5.58. The first-order chi connectivity index (χ1) is 12.3. The van der Waals surface area contributed by atoms with E-state index in [1.807, 2.05) is 31.6 Å². The van der Waals surface area contributed by atoms with Gasteiger partial charge >= 0.3 is 0 Å². The third kappa shape index (κ3) is 4.45. The van der Waals surface area contributed by atoms with Crippen molar-refractivity contribution < 1.29 is 0 Å². The highest BCUT2D eigenvalue weighted by Crippen LogP contribution is 2.23. The fourth-order valence-electron chi connectivity index (χ4n) is 2.64. The van der Waals surface area contributed by atoms with Crippen LogP contribution in [0.4, 0.5) is 5.69 Å². The van der Waals surface area contributed by atoms with E-state index >= 15 is 0 Å². The Morgan fingerprint density at radius 1 is 0.840 bits per heavy atom. The lowest BCUT2D eigenvalue weighted by atomic mass is 9.97. The van der Waals surface area contributed by atoms with Gasteiger partial charge in [0.15, 0.2) is 0 Å². The highest BCUT2D eigenvalue weighted by atomic mass is 14.8. The van der Waals surface area contributed by atoms with E-state index in [0.29, 0.717) is 0 Å². The van der Waals surface area contributed by atoms with E-state index in [-0.39, 0.29) is 0 Å². The van der Waals surface area contributed by atoms with Crippen molar-refractivity contribution in [2.24, 2.45) is 0 Å². The molecule has 3 aromatic rings. The first-order valence-electron chi connectivity index (χ1n) is 8.40. The highest BCUT2D eigenvalue weighted by Gasteiger charge is 2.03. The van der Waals surface area contributed by atoms with Gasteiger partial charge in [-0.25, -0.2) is 0 Å². The molecule has 2 heteroatoms. The summed E-state index contributed by atoms with van der Waals surface area (Å²) in [4.78, 5) is 4.13. The SMILES string of the molecule is CNc1ccc(C=CC=C(c2ccncc2)c2ccc(C)cc2)cc1. The van der Waals surface area contributed by atoms with Gasteiger partial charge in [-0.3, -0.25) is 4.98 Å². The molecule has 0 amide bonds. The molecule has 0 bridgehead atoms. The van der Waals surface area contributed by atoms with E-state index < -0.39 is 0 Å². The van der Waals surface area contributed by atoms with Crippen LogP contribution in [-0.2, 0) is 0 Å². The van der Waals surface area contributed by atoms with Gasteiger partial charge in [0.25, 0.3) is 0 Å². The van der Waals surface area contributed by atoms with Gasteiger partial charge in [0.05, 0.1) is 0 Å². The average molecular weight is 326 g/mol. The summed E-state index contributed by atoms with van der Waals surface area (Å²) in [6.45, 7) is 2.11. The van der Waals surface area contributed by atoms with Crippen LogP contribution in [0.25, 0.3) is 11.6 Å². The molecular formula is C23H22N2. The van der Waals surface area contributed by atoms with E-state index in [2.05, 4.69) is 84.0 Å². The number of benzene rings is 2. The zero-order chi connectivity index (χ0) is 17.5. The number of hydrogen-bond acceptors (Lipinski definition) is 2. The number of nitrogens with one attached hydrogen (secondary N) is 1. The fraction of sp³-hybridized carbons (Fsp3) is 0.0870. The van der Waals surface area contributed by atoms with Gasteiger partial charge in [-0.05, 0) is 53.5 Å². The van der Waals surface area contributed by atoms with Crippen molar-refractivity contribution in [3.05, 3.63) is 107 Å². The molecule has 1 heterocycles. The standard InChI is InChI=1S/C23H22N2/c1-18-6-10-20(11-7-18)23(21-14-16-25-17-15-21)5-3-4-19-8-12-22(24-2)13-9-19/h3-17,24H,1-2H3.